The molecule has 1 aliphatic rings. The molecule has 0 bridgehead atoms. The lowest BCUT2D eigenvalue weighted by Gasteiger charge is -2.21. The summed E-state index contributed by atoms with van der Waals surface area (Å²) < 4.78 is 0. The van der Waals surface area contributed by atoms with Gasteiger partial charge in [-0.3, -0.25) is 0 Å². The molecule has 0 radical (unpaired) electrons. The fourth-order valence-corrected chi connectivity index (χ4v) is 3.36. The zero-order chi connectivity index (χ0) is 12.4. The molecule has 0 saturated carbocycles. The summed E-state index contributed by atoms with van der Waals surface area (Å²) in [5.41, 5.74) is 4.62. The van der Waals surface area contributed by atoms with Gasteiger partial charge in [-0.15, -0.1) is 0 Å². The zero-order valence-electron chi connectivity index (χ0n) is 11.6. The third-order valence-electron chi connectivity index (χ3n) is 4.32. The zero-order valence-corrected chi connectivity index (χ0v) is 11.6. The van der Waals surface area contributed by atoms with Gasteiger partial charge in [0.1, 0.15) is 0 Å². The van der Waals surface area contributed by atoms with E-state index in [1.165, 1.54) is 12.0 Å². The first kappa shape index (κ1) is 12.6. The van der Waals surface area contributed by atoms with Gasteiger partial charge < -0.3 is 5.32 Å². The van der Waals surface area contributed by atoms with Crippen LogP contribution in [0.4, 0.5) is 0 Å². The molecule has 2 rings (SSSR count). The summed E-state index contributed by atoms with van der Waals surface area (Å²) >= 11 is 0. The fourth-order valence-electron chi connectivity index (χ4n) is 3.36. The standard InChI is InChI=1S/C16H25N/c1-5-12-8-9-14-13(6-2)11(4)16(17-7-3)15(14)10-12/h8-11,13,16-17H,5-7H2,1-4H3. The predicted octanol–water partition coefficient (Wildman–Crippen LogP) is 4.04. The van der Waals surface area contributed by atoms with Crippen molar-refractivity contribution in [2.24, 2.45) is 5.92 Å². The average molecular weight is 231 g/mol. The van der Waals surface area contributed by atoms with E-state index in [4.69, 9.17) is 0 Å². The van der Waals surface area contributed by atoms with Crippen LogP contribution >= 0.6 is 0 Å². The summed E-state index contributed by atoms with van der Waals surface area (Å²) in [6.45, 7) is 10.2. The lowest BCUT2D eigenvalue weighted by atomic mass is 9.90. The average Bonchev–Trinajstić information content (AvgIpc) is 2.62. The number of fused-ring (bicyclic) bond motifs is 1. The van der Waals surface area contributed by atoms with Crippen molar-refractivity contribution < 1.29 is 0 Å². The molecule has 1 aromatic carbocycles. The van der Waals surface area contributed by atoms with Crippen molar-refractivity contribution >= 4 is 0 Å². The van der Waals surface area contributed by atoms with Crippen LogP contribution in [0.2, 0.25) is 0 Å². The van der Waals surface area contributed by atoms with Gasteiger partial charge in [0.2, 0.25) is 0 Å². The molecule has 1 N–H and O–H groups in total. The molecule has 1 aliphatic carbocycles. The monoisotopic (exact) mass is 231 g/mol. The summed E-state index contributed by atoms with van der Waals surface area (Å²) in [4.78, 5) is 0. The third-order valence-corrected chi connectivity index (χ3v) is 4.32. The molecule has 17 heavy (non-hydrogen) atoms. The Kier molecular flexibility index (Phi) is 3.88. The molecule has 1 aromatic rings. The second-order valence-electron chi connectivity index (χ2n) is 5.23. The van der Waals surface area contributed by atoms with Crippen LogP contribution in [0.5, 0.6) is 0 Å². The summed E-state index contributed by atoms with van der Waals surface area (Å²) in [5.74, 6) is 1.46. The van der Waals surface area contributed by atoms with E-state index in [1.54, 1.807) is 11.1 Å². The lowest BCUT2D eigenvalue weighted by Crippen LogP contribution is -2.24. The predicted molar refractivity (Wildman–Crippen MR) is 74.4 cm³/mol. The van der Waals surface area contributed by atoms with E-state index in [1.807, 2.05) is 0 Å². The molecule has 0 amide bonds. The number of hydrogen-bond acceptors (Lipinski definition) is 1. The minimum Gasteiger partial charge on any atom is -0.310 e. The lowest BCUT2D eigenvalue weighted by molar-refractivity contribution is 0.367. The second-order valence-corrected chi connectivity index (χ2v) is 5.23. The van der Waals surface area contributed by atoms with Crippen LogP contribution in [0.3, 0.4) is 0 Å². The number of benzene rings is 1. The van der Waals surface area contributed by atoms with Crippen molar-refractivity contribution in [2.75, 3.05) is 6.54 Å². The van der Waals surface area contributed by atoms with Crippen LogP contribution < -0.4 is 5.32 Å². The summed E-state index contributed by atoms with van der Waals surface area (Å²) in [7, 11) is 0. The maximum atomic E-state index is 3.67. The number of rotatable bonds is 4. The van der Waals surface area contributed by atoms with Crippen LogP contribution in [0.15, 0.2) is 18.2 Å². The van der Waals surface area contributed by atoms with Crippen LogP contribution in [0.25, 0.3) is 0 Å². The van der Waals surface area contributed by atoms with Gasteiger partial charge in [0, 0.05) is 6.04 Å². The van der Waals surface area contributed by atoms with Crippen molar-refractivity contribution in [3.05, 3.63) is 34.9 Å². The molecular formula is C16H25N. The van der Waals surface area contributed by atoms with E-state index < -0.39 is 0 Å². The Balaban J connectivity index is 2.41. The maximum absolute atomic E-state index is 3.67. The smallest absolute Gasteiger partial charge is 0.0354 e. The van der Waals surface area contributed by atoms with E-state index in [-0.39, 0.29) is 0 Å². The van der Waals surface area contributed by atoms with E-state index in [2.05, 4.69) is 51.2 Å². The highest BCUT2D eigenvalue weighted by Crippen LogP contribution is 2.46. The molecule has 0 heterocycles. The highest BCUT2D eigenvalue weighted by molar-refractivity contribution is 5.42. The van der Waals surface area contributed by atoms with Crippen LogP contribution in [-0.2, 0) is 6.42 Å². The van der Waals surface area contributed by atoms with Crippen LogP contribution in [0.1, 0.15) is 62.8 Å². The Morgan fingerprint density at radius 1 is 1.12 bits per heavy atom. The Labute approximate surface area is 106 Å². The van der Waals surface area contributed by atoms with E-state index >= 15 is 0 Å². The number of hydrogen-bond donors (Lipinski definition) is 1. The maximum Gasteiger partial charge on any atom is 0.0354 e. The molecule has 1 heteroatoms. The van der Waals surface area contributed by atoms with E-state index in [9.17, 15) is 0 Å². The van der Waals surface area contributed by atoms with Gasteiger partial charge in [-0.1, -0.05) is 45.9 Å². The molecule has 0 aliphatic heterocycles. The first-order chi connectivity index (χ1) is 8.22. The van der Waals surface area contributed by atoms with Gasteiger partial charge in [0.25, 0.3) is 0 Å². The van der Waals surface area contributed by atoms with Crippen LogP contribution in [0, 0.1) is 5.92 Å². The normalized spacial score (nSPS) is 27.2. The Bertz CT molecular complexity index is 383. The molecule has 0 fully saturated rings. The number of aryl methyl sites for hydroxylation is 1. The van der Waals surface area contributed by atoms with Crippen molar-refractivity contribution in [1.29, 1.82) is 0 Å². The van der Waals surface area contributed by atoms with Gasteiger partial charge in [0.05, 0.1) is 0 Å². The minimum absolute atomic E-state index is 0.562. The van der Waals surface area contributed by atoms with Crippen molar-refractivity contribution in [3.63, 3.8) is 0 Å². The van der Waals surface area contributed by atoms with Gasteiger partial charge in [-0.2, -0.15) is 0 Å². The summed E-state index contributed by atoms with van der Waals surface area (Å²) in [5, 5.41) is 3.67. The Morgan fingerprint density at radius 2 is 1.88 bits per heavy atom. The Morgan fingerprint density at radius 3 is 2.47 bits per heavy atom. The van der Waals surface area contributed by atoms with Crippen molar-refractivity contribution in [3.8, 4) is 0 Å². The topological polar surface area (TPSA) is 12.0 Å². The van der Waals surface area contributed by atoms with Crippen LogP contribution in [-0.4, -0.2) is 6.54 Å². The Hall–Kier alpha value is -0.820. The van der Waals surface area contributed by atoms with Gasteiger partial charge in [-0.05, 0) is 47.9 Å². The first-order valence-electron chi connectivity index (χ1n) is 7.08. The van der Waals surface area contributed by atoms with Gasteiger partial charge in [-0.25, -0.2) is 0 Å². The van der Waals surface area contributed by atoms with E-state index in [0.29, 0.717) is 6.04 Å². The largest absolute Gasteiger partial charge is 0.310 e. The van der Waals surface area contributed by atoms with Gasteiger partial charge in [0.15, 0.2) is 0 Å². The molecule has 0 saturated heterocycles. The SMILES string of the molecule is CCNC1c2cc(CC)ccc2C(CC)C1C. The molecule has 94 valence electrons. The highest BCUT2D eigenvalue weighted by Gasteiger charge is 2.36. The quantitative estimate of drug-likeness (QED) is 0.824. The molecule has 1 nitrogen and oxygen atoms in total. The fraction of sp³-hybridized carbons (Fsp3) is 0.625. The third kappa shape index (κ3) is 2.13. The molecule has 3 unspecified atom stereocenters. The van der Waals surface area contributed by atoms with E-state index in [0.717, 1.165) is 24.8 Å². The highest BCUT2D eigenvalue weighted by atomic mass is 14.9. The minimum atomic E-state index is 0.562. The second kappa shape index (κ2) is 5.22. The molecule has 0 aromatic heterocycles. The summed E-state index contributed by atoms with van der Waals surface area (Å²) in [6, 6.07) is 7.67. The van der Waals surface area contributed by atoms with Crippen molar-refractivity contribution in [2.45, 2.75) is 52.5 Å². The number of nitrogens with one attached hydrogen (secondary N) is 1. The summed E-state index contributed by atoms with van der Waals surface area (Å²) in [6.07, 6.45) is 2.39. The molecular weight excluding hydrogens is 206 g/mol. The molecule has 3 atom stereocenters. The molecule has 0 spiro atoms. The first-order valence-corrected chi connectivity index (χ1v) is 7.08. The van der Waals surface area contributed by atoms with Gasteiger partial charge >= 0.3 is 0 Å². The van der Waals surface area contributed by atoms with Crippen molar-refractivity contribution in [1.82, 2.24) is 5.32 Å².